The number of amides is 3. The summed E-state index contributed by atoms with van der Waals surface area (Å²) in [6.45, 7) is 11.6. The van der Waals surface area contributed by atoms with E-state index in [9.17, 15) is 9.59 Å². The van der Waals surface area contributed by atoms with Crippen LogP contribution in [0.1, 0.15) is 44.7 Å². The molecule has 0 aromatic heterocycles. The Bertz CT molecular complexity index is 682. The van der Waals surface area contributed by atoms with Crippen LogP contribution in [0.5, 0.6) is 0 Å². The second-order valence-electron chi connectivity index (χ2n) is 8.49. The summed E-state index contributed by atoms with van der Waals surface area (Å²) in [5.74, 6) is 0.251. The highest BCUT2D eigenvalue weighted by Gasteiger charge is 2.27. The second kappa shape index (κ2) is 8.63. The summed E-state index contributed by atoms with van der Waals surface area (Å²) >= 11 is 0. The molecule has 0 spiro atoms. The van der Waals surface area contributed by atoms with Gasteiger partial charge in [0.2, 0.25) is 0 Å². The fourth-order valence-electron chi connectivity index (χ4n) is 3.28. The number of hydrogen-bond acceptors (Lipinski definition) is 3. The molecule has 0 unspecified atom stereocenters. The maximum atomic E-state index is 12.7. The molecule has 0 bridgehead atoms. The predicted molar refractivity (Wildman–Crippen MR) is 108 cm³/mol. The number of nitrogens with zero attached hydrogens (tertiary/aromatic N) is 2. The molecule has 27 heavy (non-hydrogen) atoms. The van der Waals surface area contributed by atoms with Gasteiger partial charge in [0.05, 0.1) is 0 Å². The van der Waals surface area contributed by atoms with E-state index in [1.54, 1.807) is 11.9 Å². The number of hydrogen-bond donors (Lipinski definition) is 1. The fraction of sp³-hybridized carbons (Fsp3) is 0.619. The Balaban J connectivity index is 1.92. The van der Waals surface area contributed by atoms with Crippen LogP contribution >= 0.6 is 0 Å². The predicted octanol–water partition coefficient (Wildman–Crippen LogP) is 4.41. The lowest BCUT2D eigenvalue weighted by Gasteiger charge is -2.35. The monoisotopic (exact) mass is 375 g/mol. The van der Waals surface area contributed by atoms with Crippen LogP contribution in [0.2, 0.25) is 0 Å². The van der Waals surface area contributed by atoms with E-state index in [4.69, 9.17) is 4.74 Å². The molecule has 1 N–H and O–H groups in total. The largest absolute Gasteiger partial charge is 0.444 e. The molecule has 1 aromatic rings. The maximum absolute atomic E-state index is 12.7. The number of benzene rings is 1. The van der Waals surface area contributed by atoms with Gasteiger partial charge in [-0.1, -0.05) is 12.1 Å². The van der Waals surface area contributed by atoms with Crippen molar-refractivity contribution in [1.82, 2.24) is 9.80 Å². The molecule has 2 rings (SSSR count). The van der Waals surface area contributed by atoms with E-state index in [1.807, 2.05) is 57.7 Å². The molecule has 1 aliphatic rings. The number of piperidine rings is 1. The molecule has 0 aliphatic carbocycles. The highest BCUT2D eigenvalue weighted by atomic mass is 16.6. The molecule has 6 nitrogen and oxygen atoms in total. The SMILES string of the molecule is Cc1cccc(NC(=O)N2CCC[C@@H](CN(C)C(=O)OC(C)(C)C)C2)c1C. The van der Waals surface area contributed by atoms with Crippen LogP contribution in [0, 0.1) is 19.8 Å². The van der Waals surface area contributed by atoms with Gasteiger partial charge in [-0.15, -0.1) is 0 Å². The van der Waals surface area contributed by atoms with E-state index in [1.165, 1.54) is 0 Å². The van der Waals surface area contributed by atoms with Crippen LogP contribution in [-0.2, 0) is 4.74 Å². The molecule has 1 aromatic carbocycles. The van der Waals surface area contributed by atoms with Gasteiger partial charge in [0.25, 0.3) is 0 Å². The van der Waals surface area contributed by atoms with Crippen LogP contribution in [0.4, 0.5) is 15.3 Å². The Labute approximate surface area is 162 Å². The molecule has 6 heteroatoms. The van der Waals surface area contributed by atoms with E-state index in [2.05, 4.69) is 5.32 Å². The van der Waals surface area contributed by atoms with Crippen molar-refractivity contribution in [2.45, 2.75) is 53.1 Å². The molecule has 150 valence electrons. The summed E-state index contributed by atoms with van der Waals surface area (Å²) in [6.07, 6.45) is 1.62. The van der Waals surface area contributed by atoms with Crippen molar-refractivity contribution < 1.29 is 14.3 Å². The first-order valence-electron chi connectivity index (χ1n) is 9.63. The summed E-state index contributed by atoms with van der Waals surface area (Å²) < 4.78 is 5.41. The minimum absolute atomic E-state index is 0.0756. The van der Waals surface area contributed by atoms with Gasteiger partial charge in [-0.2, -0.15) is 0 Å². The van der Waals surface area contributed by atoms with Gasteiger partial charge in [-0.3, -0.25) is 0 Å². The fourth-order valence-corrected chi connectivity index (χ4v) is 3.28. The van der Waals surface area contributed by atoms with Crippen molar-refractivity contribution in [3.63, 3.8) is 0 Å². The van der Waals surface area contributed by atoms with E-state index in [-0.39, 0.29) is 18.0 Å². The van der Waals surface area contributed by atoms with Gasteiger partial charge >= 0.3 is 12.1 Å². The number of anilines is 1. The van der Waals surface area contributed by atoms with Crippen LogP contribution in [0.15, 0.2) is 18.2 Å². The normalized spacial score (nSPS) is 17.4. The number of nitrogens with one attached hydrogen (secondary N) is 1. The van der Waals surface area contributed by atoms with Gasteiger partial charge in [0.1, 0.15) is 5.60 Å². The lowest BCUT2D eigenvalue weighted by Crippen LogP contribution is -2.46. The van der Waals surface area contributed by atoms with Crippen molar-refractivity contribution in [3.8, 4) is 0 Å². The third-order valence-corrected chi connectivity index (χ3v) is 4.89. The number of rotatable bonds is 3. The average Bonchev–Trinajstić information content (AvgIpc) is 2.57. The number of carbonyl (C=O) groups excluding carboxylic acids is 2. The molecule has 0 radical (unpaired) electrons. The van der Waals surface area contributed by atoms with Crippen LogP contribution in [0.3, 0.4) is 0 Å². The third-order valence-electron chi connectivity index (χ3n) is 4.89. The highest BCUT2D eigenvalue weighted by molar-refractivity contribution is 5.90. The van der Waals surface area contributed by atoms with Crippen LogP contribution in [-0.4, -0.2) is 54.2 Å². The van der Waals surface area contributed by atoms with E-state index >= 15 is 0 Å². The van der Waals surface area contributed by atoms with Crippen molar-refractivity contribution in [3.05, 3.63) is 29.3 Å². The molecule has 0 saturated carbocycles. The zero-order chi connectivity index (χ0) is 20.2. The summed E-state index contributed by atoms with van der Waals surface area (Å²) in [5, 5.41) is 3.03. The van der Waals surface area contributed by atoms with Gasteiger partial charge in [0, 0.05) is 32.4 Å². The molecule has 1 heterocycles. The van der Waals surface area contributed by atoms with Crippen molar-refractivity contribution in [2.75, 3.05) is 32.0 Å². The minimum atomic E-state index is -0.504. The Morgan fingerprint density at radius 3 is 2.67 bits per heavy atom. The Hall–Kier alpha value is -2.24. The topological polar surface area (TPSA) is 61.9 Å². The first-order valence-corrected chi connectivity index (χ1v) is 9.63. The molecule has 1 aliphatic heterocycles. The molecule has 3 amide bonds. The standard InChI is InChI=1S/C21H33N3O3/c1-15-9-7-11-18(16(15)2)22-19(25)24-12-8-10-17(14-24)13-23(6)20(26)27-21(3,4)5/h7,9,11,17H,8,10,12-14H2,1-6H3,(H,22,25)/t17-/m0/s1. The Morgan fingerprint density at radius 2 is 2.00 bits per heavy atom. The lowest BCUT2D eigenvalue weighted by molar-refractivity contribution is 0.0253. The summed E-state index contributed by atoms with van der Waals surface area (Å²) in [7, 11) is 1.75. The third kappa shape index (κ3) is 6.15. The Kier molecular flexibility index (Phi) is 6.73. The van der Waals surface area contributed by atoms with E-state index < -0.39 is 5.60 Å². The first kappa shape index (κ1) is 21.1. The van der Waals surface area contributed by atoms with Crippen molar-refractivity contribution in [1.29, 1.82) is 0 Å². The number of aryl methyl sites for hydroxylation is 1. The summed E-state index contributed by atoms with van der Waals surface area (Å²) in [4.78, 5) is 28.3. The van der Waals surface area contributed by atoms with Crippen molar-refractivity contribution >= 4 is 17.8 Å². The van der Waals surface area contributed by atoms with Gasteiger partial charge < -0.3 is 19.9 Å². The van der Waals surface area contributed by atoms with Crippen LogP contribution < -0.4 is 5.32 Å². The quantitative estimate of drug-likeness (QED) is 0.851. The molecule has 1 saturated heterocycles. The number of urea groups is 1. The minimum Gasteiger partial charge on any atom is -0.444 e. The van der Waals surface area contributed by atoms with Crippen molar-refractivity contribution in [2.24, 2.45) is 5.92 Å². The van der Waals surface area contributed by atoms with Gasteiger partial charge in [0.15, 0.2) is 0 Å². The average molecular weight is 376 g/mol. The van der Waals surface area contributed by atoms with Crippen LogP contribution in [0.25, 0.3) is 0 Å². The number of ether oxygens (including phenoxy) is 1. The number of carbonyl (C=O) groups is 2. The second-order valence-corrected chi connectivity index (χ2v) is 8.49. The molecule has 1 fully saturated rings. The lowest BCUT2D eigenvalue weighted by atomic mass is 9.98. The van der Waals surface area contributed by atoms with Gasteiger partial charge in [-0.25, -0.2) is 9.59 Å². The zero-order valence-corrected chi connectivity index (χ0v) is 17.5. The Morgan fingerprint density at radius 1 is 1.30 bits per heavy atom. The van der Waals surface area contributed by atoms with E-state index in [0.717, 1.165) is 36.2 Å². The van der Waals surface area contributed by atoms with E-state index in [0.29, 0.717) is 13.1 Å². The maximum Gasteiger partial charge on any atom is 0.410 e. The van der Waals surface area contributed by atoms with Gasteiger partial charge in [-0.05, 0) is 70.6 Å². The first-order chi connectivity index (χ1) is 12.6. The summed E-state index contributed by atoms with van der Waals surface area (Å²) in [6, 6.07) is 5.84. The highest BCUT2D eigenvalue weighted by Crippen LogP contribution is 2.22. The number of likely N-dealkylation sites (tertiary alicyclic amines) is 1. The molecular weight excluding hydrogens is 342 g/mol. The molecular formula is C21H33N3O3. The molecule has 1 atom stereocenters. The zero-order valence-electron chi connectivity index (χ0n) is 17.5. The smallest absolute Gasteiger partial charge is 0.410 e. The summed E-state index contributed by atoms with van der Waals surface area (Å²) in [5.41, 5.74) is 2.59.